The summed E-state index contributed by atoms with van der Waals surface area (Å²) in [4.78, 5) is 25.4. The lowest BCUT2D eigenvalue weighted by Gasteiger charge is -2.19. The highest BCUT2D eigenvalue weighted by molar-refractivity contribution is 9.10. The Hall–Kier alpha value is -1.20. The largest absolute Gasteiger partial charge is 0.358 e. The van der Waals surface area contributed by atoms with Crippen LogP contribution in [0.2, 0.25) is 0 Å². The lowest BCUT2D eigenvalue weighted by Crippen LogP contribution is -2.39. The summed E-state index contributed by atoms with van der Waals surface area (Å²) in [7, 11) is 1.60. The molecular formula is C14H19BrN2O2. The van der Waals surface area contributed by atoms with Gasteiger partial charge in [0.1, 0.15) is 0 Å². The first kappa shape index (κ1) is 15.9. The summed E-state index contributed by atoms with van der Waals surface area (Å²) in [6, 6.07) is 7.30. The predicted molar refractivity (Wildman–Crippen MR) is 79.3 cm³/mol. The number of hydrogen-bond donors (Lipinski definition) is 1. The van der Waals surface area contributed by atoms with Crippen LogP contribution in [0, 0.1) is 0 Å². The third-order valence-corrected chi connectivity index (χ3v) is 3.19. The molecule has 0 aromatic heterocycles. The minimum absolute atomic E-state index is 0.0265. The lowest BCUT2D eigenvalue weighted by atomic mass is 10.1. The molecule has 1 aromatic rings. The molecule has 0 bridgehead atoms. The van der Waals surface area contributed by atoms with Crippen molar-refractivity contribution in [3.05, 3.63) is 34.3 Å². The van der Waals surface area contributed by atoms with E-state index in [0.717, 1.165) is 17.4 Å². The van der Waals surface area contributed by atoms with Gasteiger partial charge in [-0.3, -0.25) is 14.5 Å². The second-order valence-electron chi connectivity index (χ2n) is 4.32. The van der Waals surface area contributed by atoms with Gasteiger partial charge in [0.05, 0.1) is 13.1 Å². The molecule has 0 spiro atoms. The van der Waals surface area contributed by atoms with E-state index in [4.69, 9.17) is 0 Å². The smallest absolute Gasteiger partial charge is 0.233 e. The van der Waals surface area contributed by atoms with E-state index >= 15 is 0 Å². The normalized spacial score (nSPS) is 10.5. The van der Waals surface area contributed by atoms with Crippen LogP contribution < -0.4 is 5.32 Å². The number of likely N-dealkylation sites (N-methyl/N-ethyl adjacent to an activating group) is 1. The number of nitrogens with one attached hydrogen (secondary N) is 1. The van der Waals surface area contributed by atoms with Crippen molar-refractivity contribution >= 4 is 27.6 Å². The van der Waals surface area contributed by atoms with Crippen molar-refractivity contribution < 1.29 is 9.59 Å². The van der Waals surface area contributed by atoms with Crippen molar-refractivity contribution in [3.8, 4) is 0 Å². The van der Waals surface area contributed by atoms with E-state index in [9.17, 15) is 9.59 Å². The first-order valence-electron chi connectivity index (χ1n) is 6.28. The molecule has 1 amide bonds. The molecule has 0 unspecified atom stereocenters. The van der Waals surface area contributed by atoms with E-state index in [1.165, 1.54) is 0 Å². The van der Waals surface area contributed by atoms with Crippen LogP contribution in [0.3, 0.4) is 0 Å². The number of Topliss-reactive ketones (excluding diaryl/α,β-unsaturated/α-hetero) is 1. The number of carbonyl (C=O) groups excluding carboxylic acids is 2. The van der Waals surface area contributed by atoms with Crippen LogP contribution in [0.15, 0.2) is 28.7 Å². The van der Waals surface area contributed by atoms with Crippen molar-refractivity contribution in [2.45, 2.75) is 13.3 Å². The molecule has 104 valence electrons. The third-order valence-electron chi connectivity index (χ3n) is 2.70. The zero-order chi connectivity index (χ0) is 14.3. The number of halogens is 1. The molecule has 0 atom stereocenters. The van der Waals surface area contributed by atoms with Crippen molar-refractivity contribution in [2.24, 2.45) is 0 Å². The van der Waals surface area contributed by atoms with Gasteiger partial charge in [0, 0.05) is 17.1 Å². The Bertz CT molecular complexity index is 449. The highest BCUT2D eigenvalue weighted by atomic mass is 79.9. The first-order valence-corrected chi connectivity index (χ1v) is 7.07. The van der Waals surface area contributed by atoms with Crippen LogP contribution in [0.5, 0.6) is 0 Å². The van der Waals surface area contributed by atoms with E-state index in [0.29, 0.717) is 5.56 Å². The molecule has 0 saturated carbocycles. The Balaban J connectivity index is 2.67. The summed E-state index contributed by atoms with van der Waals surface area (Å²) in [6.07, 6.45) is 0.906. The van der Waals surface area contributed by atoms with E-state index in [1.54, 1.807) is 19.2 Å². The molecule has 5 heteroatoms. The topological polar surface area (TPSA) is 49.4 Å². The summed E-state index contributed by atoms with van der Waals surface area (Å²) >= 11 is 3.35. The molecule has 0 aliphatic carbocycles. The quantitative estimate of drug-likeness (QED) is 0.780. The van der Waals surface area contributed by atoms with Crippen molar-refractivity contribution in [1.29, 1.82) is 0 Å². The fraction of sp³-hybridized carbons (Fsp3) is 0.429. The van der Waals surface area contributed by atoms with Crippen molar-refractivity contribution in [1.82, 2.24) is 10.2 Å². The zero-order valence-corrected chi connectivity index (χ0v) is 12.9. The zero-order valence-electron chi connectivity index (χ0n) is 11.3. The van der Waals surface area contributed by atoms with Gasteiger partial charge >= 0.3 is 0 Å². The molecule has 0 aliphatic rings. The first-order chi connectivity index (χ1) is 9.06. The fourth-order valence-corrected chi connectivity index (χ4v) is 2.17. The molecule has 0 heterocycles. The highest BCUT2D eigenvalue weighted by Gasteiger charge is 2.14. The van der Waals surface area contributed by atoms with Gasteiger partial charge in [-0.05, 0) is 25.1 Å². The summed E-state index contributed by atoms with van der Waals surface area (Å²) < 4.78 is 0.881. The minimum atomic E-state index is -0.0736. The molecular weight excluding hydrogens is 308 g/mol. The predicted octanol–water partition coefficient (Wildman–Crippen LogP) is 2.09. The molecule has 1 N–H and O–H groups in total. The van der Waals surface area contributed by atoms with Crippen molar-refractivity contribution in [2.75, 3.05) is 26.7 Å². The molecule has 1 rings (SSSR count). The molecule has 0 aliphatic heterocycles. The maximum Gasteiger partial charge on any atom is 0.233 e. The van der Waals surface area contributed by atoms with Gasteiger partial charge in [0.2, 0.25) is 5.91 Å². The average molecular weight is 327 g/mol. The van der Waals surface area contributed by atoms with Gasteiger partial charge in [-0.1, -0.05) is 35.0 Å². The van der Waals surface area contributed by atoms with Gasteiger partial charge in [0.15, 0.2) is 5.78 Å². The summed E-state index contributed by atoms with van der Waals surface area (Å²) in [5.41, 5.74) is 0.660. The van der Waals surface area contributed by atoms with Crippen LogP contribution in [0.4, 0.5) is 0 Å². The Morgan fingerprint density at radius 2 is 2.05 bits per heavy atom. The van der Waals surface area contributed by atoms with Crippen LogP contribution >= 0.6 is 15.9 Å². The monoisotopic (exact) mass is 326 g/mol. The number of hydrogen-bond acceptors (Lipinski definition) is 3. The maximum absolute atomic E-state index is 12.2. The van der Waals surface area contributed by atoms with E-state index < -0.39 is 0 Å². The van der Waals surface area contributed by atoms with Crippen LogP contribution in [0.25, 0.3) is 0 Å². The lowest BCUT2D eigenvalue weighted by molar-refractivity contribution is -0.121. The van der Waals surface area contributed by atoms with Crippen LogP contribution in [-0.4, -0.2) is 43.3 Å². The van der Waals surface area contributed by atoms with E-state index in [-0.39, 0.29) is 24.8 Å². The number of rotatable bonds is 7. The fourth-order valence-electron chi connectivity index (χ4n) is 1.77. The molecule has 19 heavy (non-hydrogen) atoms. The summed E-state index contributed by atoms with van der Waals surface area (Å²) in [6.45, 7) is 3.27. The van der Waals surface area contributed by atoms with Gasteiger partial charge in [-0.25, -0.2) is 0 Å². The molecule has 0 radical (unpaired) electrons. The standard InChI is InChI=1S/C14H19BrN2O2/c1-3-7-17(10-14(19)16-2)9-13(18)11-5-4-6-12(15)8-11/h4-6,8H,3,7,9-10H2,1-2H3,(H,16,19). The summed E-state index contributed by atoms with van der Waals surface area (Å²) in [5, 5.41) is 2.58. The van der Waals surface area contributed by atoms with Crippen LogP contribution in [-0.2, 0) is 4.79 Å². The average Bonchev–Trinajstić information content (AvgIpc) is 2.38. The molecule has 1 aromatic carbocycles. The SMILES string of the molecule is CCCN(CC(=O)NC)CC(=O)c1cccc(Br)c1. The second-order valence-corrected chi connectivity index (χ2v) is 5.23. The number of benzene rings is 1. The number of ketones is 1. The van der Waals surface area contributed by atoms with Crippen LogP contribution in [0.1, 0.15) is 23.7 Å². The number of nitrogens with zero attached hydrogens (tertiary/aromatic N) is 1. The van der Waals surface area contributed by atoms with Gasteiger partial charge in [-0.15, -0.1) is 0 Å². The molecule has 0 fully saturated rings. The van der Waals surface area contributed by atoms with Gasteiger partial charge < -0.3 is 5.32 Å². The number of amides is 1. The minimum Gasteiger partial charge on any atom is -0.358 e. The van der Waals surface area contributed by atoms with Gasteiger partial charge in [0.25, 0.3) is 0 Å². The molecule has 0 saturated heterocycles. The maximum atomic E-state index is 12.2. The highest BCUT2D eigenvalue weighted by Crippen LogP contribution is 2.12. The summed E-state index contributed by atoms with van der Waals surface area (Å²) in [5.74, 6) is -0.0471. The van der Waals surface area contributed by atoms with E-state index in [2.05, 4.69) is 21.2 Å². The molecule has 4 nitrogen and oxygen atoms in total. The Kier molecular flexibility index (Phi) is 6.73. The van der Waals surface area contributed by atoms with E-state index in [1.807, 2.05) is 24.0 Å². The Morgan fingerprint density at radius 1 is 1.32 bits per heavy atom. The second kappa shape index (κ2) is 8.07. The van der Waals surface area contributed by atoms with Crippen molar-refractivity contribution in [3.63, 3.8) is 0 Å². The Morgan fingerprint density at radius 3 is 2.63 bits per heavy atom. The number of carbonyl (C=O) groups is 2. The third kappa shape index (κ3) is 5.53. The van der Waals surface area contributed by atoms with Gasteiger partial charge in [-0.2, -0.15) is 0 Å². The Labute approximate surface area is 122 Å².